The van der Waals surface area contributed by atoms with Crippen LogP contribution in [-0.4, -0.2) is 37.2 Å². The van der Waals surface area contributed by atoms with Crippen LogP contribution in [0.5, 0.6) is 0 Å². The number of esters is 3. The summed E-state index contributed by atoms with van der Waals surface area (Å²) in [6.45, 7) is 6.42. The summed E-state index contributed by atoms with van der Waals surface area (Å²) in [5.74, 6) is -0.937. The molecule has 52 heavy (non-hydrogen) atoms. The maximum atomic E-state index is 12.7. The first-order valence-corrected chi connectivity index (χ1v) is 21.6. The van der Waals surface area contributed by atoms with Gasteiger partial charge in [-0.2, -0.15) is 0 Å². The van der Waals surface area contributed by atoms with Gasteiger partial charge in [0.2, 0.25) is 0 Å². The first-order valence-electron chi connectivity index (χ1n) is 21.6. The molecule has 0 N–H and O–H groups in total. The van der Waals surface area contributed by atoms with Gasteiger partial charge in [0, 0.05) is 19.3 Å². The molecule has 300 valence electrons. The van der Waals surface area contributed by atoms with Gasteiger partial charge >= 0.3 is 17.9 Å². The Morgan fingerprint density at radius 2 is 0.750 bits per heavy atom. The molecule has 0 heterocycles. The van der Waals surface area contributed by atoms with Crippen LogP contribution in [0.25, 0.3) is 0 Å². The molecule has 0 rings (SSSR count). The summed E-state index contributed by atoms with van der Waals surface area (Å²) >= 11 is 0. The summed E-state index contributed by atoms with van der Waals surface area (Å²) < 4.78 is 16.6. The number of unbranched alkanes of at least 4 members (excludes halogenated alkanes) is 19. The smallest absolute Gasteiger partial charge is 0.306 e. The molecule has 1 atom stereocenters. The second kappa shape index (κ2) is 41.1. The van der Waals surface area contributed by atoms with Crippen molar-refractivity contribution in [1.29, 1.82) is 0 Å². The molecule has 0 radical (unpaired) electrons. The van der Waals surface area contributed by atoms with Gasteiger partial charge in [0.15, 0.2) is 6.10 Å². The van der Waals surface area contributed by atoms with E-state index in [1.165, 1.54) is 83.5 Å². The van der Waals surface area contributed by atoms with Crippen molar-refractivity contribution in [3.8, 4) is 0 Å². The highest BCUT2D eigenvalue weighted by Gasteiger charge is 2.19. The number of hydrogen-bond acceptors (Lipinski definition) is 6. The zero-order valence-electron chi connectivity index (χ0n) is 34.1. The third kappa shape index (κ3) is 38.6. The molecule has 0 aliphatic heterocycles. The molecule has 0 aromatic carbocycles. The van der Waals surface area contributed by atoms with Crippen molar-refractivity contribution in [2.75, 3.05) is 13.2 Å². The lowest BCUT2D eigenvalue weighted by Gasteiger charge is -2.18. The van der Waals surface area contributed by atoms with Crippen molar-refractivity contribution in [3.63, 3.8) is 0 Å². The standard InChI is InChI=1S/C46H80O6/c1-4-7-10-13-16-18-20-22-23-24-26-27-30-33-36-39-45(48)51-42-43(41-50-44(47)38-35-32-29-15-12-9-6-3)52-46(49)40-37-34-31-28-25-21-19-17-14-11-8-5-2/h7,10,16,18,22-23,26-27,43H,4-6,8-9,11-15,17,19-21,24-25,28-42H2,1-3H3/b10-7-,18-16-,23-22-,27-26-. The quantitative estimate of drug-likeness (QED) is 0.0272. The van der Waals surface area contributed by atoms with Crippen LogP contribution in [0.2, 0.25) is 0 Å². The minimum absolute atomic E-state index is 0.0847. The zero-order valence-corrected chi connectivity index (χ0v) is 34.1. The van der Waals surface area contributed by atoms with Crippen LogP contribution in [0.3, 0.4) is 0 Å². The molecule has 0 spiro atoms. The van der Waals surface area contributed by atoms with Crippen molar-refractivity contribution in [2.45, 2.75) is 213 Å². The Morgan fingerprint density at radius 3 is 1.17 bits per heavy atom. The minimum atomic E-state index is -0.781. The lowest BCUT2D eigenvalue weighted by Crippen LogP contribution is -2.30. The molecule has 0 saturated heterocycles. The van der Waals surface area contributed by atoms with E-state index in [1.54, 1.807) is 0 Å². The summed E-state index contributed by atoms with van der Waals surface area (Å²) in [4.78, 5) is 37.5. The predicted octanol–water partition coefficient (Wildman–Crippen LogP) is 13.6. The second-order valence-electron chi connectivity index (χ2n) is 14.2. The zero-order chi connectivity index (χ0) is 38.0. The molecule has 0 amide bonds. The van der Waals surface area contributed by atoms with E-state index in [0.29, 0.717) is 19.3 Å². The summed E-state index contributed by atoms with van der Waals surface area (Å²) in [7, 11) is 0. The van der Waals surface area contributed by atoms with E-state index in [2.05, 4.69) is 69.4 Å². The molecule has 0 aliphatic rings. The highest BCUT2D eigenvalue weighted by molar-refractivity contribution is 5.71. The molecule has 0 saturated carbocycles. The fourth-order valence-electron chi connectivity index (χ4n) is 5.84. The number of hydrogen-bond donors (Lipinski definition) is 0. The summed E-state index contributed by atoms with van der Waals surface area (Å²) in [5, 5.41) is 0. The number of allylic oxidation sites excluding steroid dienone is 8. The lowest BCUT2D eigenvalue weighted by atomic mass is 10.0. The topological polar surface area (TPSA) is 78.9 Å². The van der Waals surface area contributed by atoms with E-state index < -0.39 is 6.10 Å². The monoisotopic (exact) mass is 729 g/mol. The molecule has 0 aromatic heterocycles. The van der Waals surface area contributed by atoms with Crippen LogP contribution in [0, 0.1) is 0 Å². The third-order valence-electron chi connectivity index (χ3n) is 9.10. The molecule has 6 nitrogen and oxygen atoms in total. The van der Waals surface area contributed by atoms with Gasteiger partial charge in [-0.05, 0) is 57.8 Å². The Kier molecular flexibility index (Phi) is 39.1. The minimum Gasteiger partial charge on any atom is -0.462 e. The Labute approximate surface area is 320 Å². The van der Waals surface area contributed by atoms with Crippen LogP contribution >= 0.6 is 0 Å². The van der Waals surface area contributed by atoms with E-state index in [4.69, 9.17) is 14.2 Å². The highest BCUT2D eigenvalue weighted by Crippen LogP contribution is 2.14. The first-order chi connectivity index (χ1) is 25.5. The van der Waals surface area contributed by atoms with E-state index in [-0.39, 0.29) is 31.1 Å². The van der Waals surface area contributed by atoms with Gasteiger partial charge in [-0.1, -0.05) is 179 Å². The van der Waals surface area contributed by atoms with Crippen LogP contribution in [0.1, 0.15) is 207 Å². The normalized spacial score (nSPS) is 12.4. The fourth-order valence-corrected chi connectivity index (χ4v) is 5.84. The van der Waals surface area contributed by atoms with Gasteiger partial charge in [0.1, 0.15) is 13.2 Å². The first kappa shape index (κ1) is 49.4. The van der Waals surface area contributed by atoms with Gasteiger partial charge in [-0.15, -0.1) is 0 Å². The predicted molar refractivity (Wildman–Crippen MR) is 219 cm³/mol. The average molecular weight is 729 g/mol. The molecule has 6 heteroatoms. The molecule has 0 bridgehead atoms. The van der Waals surface area contributed by atoms with Gasteiger partial charge in [-0.3, -0.25) is 14.4 Å². The SMILES string of the molecule is CC/C=C\C/C=C\C/C=C\C/C=C\CCCCC(=O)OCC(COC(=O)CCCCCCCCC)OC(=O)CCCCCCCCCCCCCC. The summed E-state index contributed by atoms with van der Waals surface area (Å²) in [6, 6.07) is 0. The lowest BCUT2D eigenvalue weighted by molar-refractivity contribution is -0.167. The molecular weight excluding hydrogens is 648 g/mol. The van der Waals surface area contributed by atoms with E-state index in [1.807, 2.05) is 0 Å². The van der Waals surface area contributed by atoms with E-state index >= 15 is 0 Å². The Bertz CT molecular complexity index is 933. The average Bonchev–Trinajstić information content (AvgIpc) is 3.14. The Hall–Kier alpha value is -2.63. The van der Waals surface area contributed by atoms with Gasteiger partial charge in [0.25, 0.3) is 0 Å². The van der Waals surface area contributed by atoms with Gasteiger partial charge in [0.05, 0.1) is 0 Å². The second-order valence-corrected chi connectivity index (χ2v) is 14.2. The van der Waals surface area contributed by atoms with Crippen LogP contribution in [0.15, 0.2) is 48.6 Å². The van der Waals surface area contributed by atoms with Crippen LogP contribution < -0.4 is 0 Å². The van der Waals surface area contributed by atoms with Crippen LogP contribution in [0.4, 0.5) is 0 Å². The summed E-state index contributed by atoms with van der Waals surface area (Å²) in [6.07, 6.45) is 46.8. The van der Waals surface area contributed by atoms with E-state index in [0.717, 1.165) is 83.5 Å². The third-order valence-corrected chi connectivity index (χ3v) is 9.10. The van der Waals surface area contributed by atoms with Crippen LogP contribution in [-0.2, 0) is 28.6 Å². The summed E-state index contributed by atoms with van der Waals surface area (Å²) in [5.41, 5.74) is 0. The largest absolute Gasteiger partial charge is 0.462 e. The van der Waals surface area contributed by atoms with Gasteiger partial charge in [-0.25, -0.2) is 0 Å². The van der Waals surface area contributed by atoms with Crippen molar-refractivity contribution in [3.05, 3.63) is 48.6 Å². The van der Waals surface area contributed by atoms with Crippen molar-refractivity contribution >= 4 is 17.9 Å². The number of carbonyl (C=O) groups is 3. The maximum absolute atomic E-state index is 12.7. The molecule has 0 aromatic rings. The molecule has 1 unspecified atom stereocenters. The number of rotatable bonds is 38. The van der Waals surface area contributed by atoms with Crippen molar-refractivity contribution < 1.29 is 28.6 Å². The maximum Gasteiger partial charge on any atom is 0.306 e. The van der Waals surface area contributed by atoms with Crippen molar-refractivity contribution in [1.82, 2.24) is 0 Å². The number of ether oxygens (including phenoxy) is 3. The fraction of sp³-hybridized carbons (Fsp3) is 0.761. The Morgan fingerprint density at radius 1 is 0.404 bits per heavy atom. The molecule has 0 fully saturated rings. The number of carbonyl (C=O) groups excluding carboxylic acids is 3. The molecular formula is C46H80O6. The molecule has 0 aliphatic carbocycles. The highest BCUT2D eigenvalue weighted by atomic mass is 16.6. The Balaban J connectivity index is 4.39. The van der Waals surface area contributed by atoms with Crippen molar-refractivity contribution in [2.24, 2.45) is 0 Å². The van der Waals surface area contributed by atoms with Gasteiger partial charge < -0.3 is 14.2 Å². The van der Waals surface area contributed by atoms with E-state index in [9.17, 15) is 14.4 Å².